The predicted molar refractivity (Wildman–Crippen MR) is 58.4 cm³/mol. The van der Waals surface area contributed by atoms with Gasteiger partial charge in [-0.25, -0.2) is 0 Å². The minimum absolute atomic E-state index is 0.292. The maximum absolute atomic E-state index is 9.60. The van der Waals surface area contributed by atoms with Crippen LogP contribution in [-0.4, -0.2) is 11.1 Å². The van der Waals surface area contributed by atoms with E-state index in [1.54, 1.807) is 0 Å². The zero-order chi connectivity index (χ0) is 10.8. The number of hydrogen-bond donors (Lipinski definition) is 1. The fourth-order valence-electron chi connectivity index (χ4n) is 0.928. The van der Waals surface area contributed by atoms with Crippen LogP contribution in [0, 0.1) is 0 Å². The summed E-state index contributed by atoms with van der Waals surface area (Å²) in [5.74, 6) is -0.711. The molecule has 0 aliphatic heterocycles. The summed E-state index contributed by atoms with van der Waals surface area (Å²) in [5.41, 5.74) is 1.41. The highest BCUT2D eigenvalue weighted by atomic mass is 16.4. The average molecular weight is 194 g/mol. The molecule has 2 heteroatoms. The van der Waals surface area contributed by atoms with E-state index in [-0.39, 0.29) is 0 Å². The fourth-order valence-corrected chi connectivity index (χ4v) is 0.928. The lowest BCUT2D eigenvalue weighted by molar-refractivity contribution is -0.137. The van der Waals surface area contributed by atoms with Crippen molar-refractivity contribution in [1.82, 2.24) is 0 Å². The van der Waals surface area contributed by atoms with Crippen LogP contribution in [0.25, 0.3) is 0 Å². The molecule has 0 atom stereocenters. The minimum atomic E-state index is -0.711. The first-order valence-electron chi connectivity index (χ1n) is 4.96. The first kappa shape index (κ1) is 12.7. The van der Waals surface area contributed by atoms with Gasteiger partial charge >= 0.3 is 5.97 Å². The van der Waals surface area contributed by atoms with E-state index in [1.807, 2.05) is 13.0 Å². The van der Waals surface area contributed by atoms with Crippen molar-refractivity contribution in [1.29, 1.82) is 0 Å². The molecular formula is C12H18O2. The van der Waals surface area contributed by atoms with Crippen LogP contribution in [-0.2, 0) is 11.2 Å². The molecule has 0 spiro atoms. The number of aliphatic carboxylic acids is 1. The lowest BCUT2D eigenvalue weighted by atomic mass is 10.2. The molecule has 2 nitrogen and oxygen atoms in total. The second kappa shape index (κ2) is 8.30. The molecule has 0 aliphatic rings. The van der Waals surface area contributed by atoms with Crippen molar-refractivity contribution in [2.75, 3.05) is 0 Å². The second-order valence-electron chi connectivity index (χ2n) is 2.98. The number of benzene rings is 1. The Morgan fingerprint density at radius 3 is 2.00 bits per heavy atom. The van der Waals surface area contributed by atoms with E-state index < -0.39 is 5.97 Å². The molecule has 1 rings (SSSR count). The van der Waals surface area contributed by atoms with Gasteiger partial charge in [-0.3, -0.25) is 4.79 Å². The Hall–Kier alpha value is -1.31. The van der Waals surface area contributed by atoms with Gasteiger partial charge in [0.15, 0.2) is 0 Å². The lowest BCUT2D eigenvalue weighted by Crippen LogP contribution is -1.90. The van der Waals surface area contributed by atoms with Gasteiger partial charge in [0.25, 0.3) is 0 Å². The third-order valence-corrected chi connectivity index (χ3v) is 1.71. The zero-order valence-electron chi connectivity index (χ0n) is 8.86. The van der Waals surface area contributed by atoms with Crippen molar-refractivity contribution in [3.63, 3.8) is 0 Å². The Morgan fingerprint density at radius 1 is 1.21 bits per heavy atom. The first-order chi connectivity index (χ1) is 6.70. The van der Waals surface area contributed by atoms with Gasteiger partial charge in [0, 0.05) is 6.42 Å². The van der Waals surface area contributed by atoms with Crippen LogP contribution < -0.4 is 0 Å². The maximum atomic E-state index is 9.60. The van der Waals surface area contributed by atoms with E-state index in [0.717, 1.165) is 12.8 Å². The Kier molecular flexibility index (Phi) is 7.52. The fraction of sp³-hybridized carbons (Fsp3) is 0.417. The highest BCUT2D eigenvalue weighted by molar-refractivity contribution is 5.66. The molecule has 0 amide bonds. The highest BCUT2D eigenvalue weighted by Gasteiger charge is 1.87. The molecule has 0 aliphatic carbocycles. The van der Waals surface area contributed by atoms with Gasteiger partial charge in [-0.2, -0.15) is 0 Å². The summed E-state index contributed by atoms with van der Waals surface area (Å²) in [5, 5.41) is 7.91. The van der Waals surface area contributed by atoms with Gasteiger partial charge in [-0.05, 0) is 18.4 Å². The Labute approximate surface area is 85.6 Å². The summed E-state index contributed by atoms with van der Waals surface area (Å²) in [6.45, 7) is 4.00. The highest BCUT2D eigenvalue weighted by Crippen LogP contribution is 1.96. The number of hydrogen-bond acceptors (Lipinski definition) is 1. The minimum Gasteiger partial charge on any atom is -0.481 e. The monoisotopic (exact) mass is 194 g/mol. The summed E-state index contributed by atoms with van der Waals surface area (Å²) in [4.78, 5) is 9.60. The van der Waals surface area contributed by atoms with Crippen LogP contribution >= 0.6 is 0 Å². The van der Waals surface area contributed by atoms with Gasteiger partial charge in [0.2, 0.25) is 0 Å². The molecule has 0 heterocycles. The molecule has 14 heavy (non-hydrogen) atoms. The van der Waals surface area contributed by atoms with Gasteiger partial charge in [0.1, 0.15) is 0 Å². The normalized spacial score (nSPS) is 8.71. The van der Waals surface area contributed by atoms with Gasteiger partial charge in [0.05, 0.1) is 0 Å². The lowest BCUT2D eigenvalue weighted by Gasteiger charge is -1.89. The van der Waals surface area contributed by atoms with Crippen LogP contribution in [0.3, 0.4) is 0 Å². The van der Waals surface area contributed by atoms with Crippen molar-refractivity contribution >= 4 is 5.97 Å². The Morgan fingerprint density at radius 2 is 1.79 bits per heavy atom. The van der Waals surface area contributed by atoms with Crippen molar-refractivity contribution in [2.24, 2.45) is 0 Å². The third kappa shape index (κ3) is 7.35. The van der Waals surface area contributed by atoms with E-state index in [4.69, 9.17) is 5.11 Å². The smallest absolute Gasteiger partial charge is 0.303 e. The summed E-state index contributed by atoms with van der Waals surface area (Å²) < 4.78 is 0. The van der Waals surface area contributed by atoms with E-state index >= 15 is 0 Å². The van der Waals surface area contributed by atoms with Crippen molar-refractivity contribution in [3.8, 4) is 0 Å². The molecule has 0 radical (unpaired) electrons. The Bertz CT molecular complexity index is 242. The summed E-state index contributed by atoms with van der Waals surface area (Å²) in [6, 6.07) is 10.5. The molecule has 1 aromatic rings. The molecule has 0 fully saturated rings. The van der Waals surface area contributed by atoms with Crippen LogP contribution in [0.4, 0.5) is 0 Å². The van der Waals surface area contributed by atoms with Crippen LogP contribution in [0.2, 0.25) is 0 Å². The molecule has 1 N–H and O–H groups in total. The molecule has 78 valence electrons. The van der Waals surface area contributed by atoms with Crippen molar-refractivity contribution in [3.05, 3.63) is 35.9 Å². The van der Waals surface area contributed by atoms with Crippen LogP contribution in [0.5, 0.6) is 0 Å². The quantitative estimate of drug-likeness (QED) is 0.802. The predicted octanol–water partition coefficient (Wildman–Crippen LogP) is 3.12. The van der Waals surface area contributed by atoms with Gasteiger partial charge < -0.3 is 5.11 Å². The standard InChI is InChI=1S/C8H10.C4H8O2/c1-2-8-6-4-3-5-7-8;1-2-3-4(5)6/h3-7H,2H2,1H3;2-3H2,1H3,(H,5,6). The molecule has 0 saturated heterocycles. The molecule has 0 bridgehead atoms. The van der Waals surface area contributed by atoms with Crippen LogP contribution in [0.1, 0.15) is 32.3 Å². The molecule has 0 aromatic heterocycles. The van der Waals surface area contributed by atoms with E-state index in [0.29, 0.717) is 6.42 Å². The van der Waals surface area contributed by atoms with Crippen molar-refractivity contribution < 1.29 is 9.90 Å². The molecule has 0 saturated carbocycles. The van der Waals surface area contributed by atoms with Crippen LogP contribution in [0.15, 0.2) is 30.3 Å². The number of aryl methyl sites for hydroxylation is 1. The number of carboxylic acids is 1. The first-order valence-corrected chi connectivity index (χ1v) is 4.96. The summed E-state index contributed by atoms with van der Waals surface area (Å²) >= 11 is 0. The van der Waals surface area contributed by atoms with Crippen molar-refractivity contribution in [2.45, 2.75) is 33.1 Å². The average Bonchev–Trinajstić information content (AvgIpc) is 2.20. The maximum Gasteiger partial charge on any atom is 0.303 e. The van der Waals surface area contributed by atoms with Gasteiger partial charge in [-0.1, -0.05) is 44.2 Å². The molecule has 1 aromatic carbocycles. The number of carbonyl (C=O) groups is 1. The number of carboxylic acid groups (broad SMARTS) is 1. The van der Waals surface area contributed by atoms with E-state index in [2.05, 4.69) is 31.2 Å². The summed E-state index contributed by atoms with van der Waals surface area (Å²) in [7, 11) is 0. The second-order valence-corrected chi connectivity index (χ2v) is 2.98. The largest absolute Gasteiger partial charge is 0.481 e. The SMILES string of the molecule is CCCC(=O)O.CCc1ccccc1. The van der Waals surface area contributed by atoms with Gasteiger partial charge in [-0.15, -0.1) is 0 Å². The molecular weight excluding hydrogens is 176 g/mol. The van der Waals surface area contributed by atoms with E-state index in [9.17, 15) is 4.79 Å². The zero-order valence-corrected chi connectivity index (χ0v) is 8.86. The Balaban J connectivity index is 0.000000255. The third-order valence-electron chi connectivity index (χ3n) is 1.71. The molecule has 0 unspecified atom stereocenters. The number of rotatable bonds is 3. The van der Waals surface area contributed by atoms with E-state index in [1.165, 1.54) is 5.56 Å². The summed E-state index contributed by atoms with van der Waals surface area (Å²) in [6.07, 6.45) is 2.16. The topological polar surface area (TPSA) is 37.3 Å².